The predicted molar refractivity (Wildman–Crippen MR) is 130 cm³/mol. The zero-order chi connectivity index (χ0) is 26.4. The molecule has 0 saturated carbocycles. The van der Waals surface area contributed by atoms with Crippen LogP contribution in [0.25, 0.3) is 0 Å². The summed E-state index contributed by atoms with van der Waals surface area (Å²) >= 11 is 5.88. The minimum Gasteiger partial charge on any atom is -0.475 e. The molecule has 0 bridgehead atoms. The van der Waals surface area contributed by atoms with E-state index in [1.807, 2.05) is 12.1 Å². The van der Waals surface area contributed by atoms with E-state index in [2.05, 4.69) is 31.2 Å². The van der Waals surface area contributed by atoms with Gasteiger partial charge in [-0.1, -0.05) is 0 Å². The molecule has 16 heteroatoms. The predicted octanol–water partition coefficient (Wildman–Crippen LogP) is 4.38. The third kappa shape index (κ3) is 7.65. The number of nitrogens with zero attached hydrogens (tertiary/aromatic N) is 2. The third-order valence-electron chi connectivity index (χ3n) is 3.98. The number of carbonyl (C=O) groups is 1. The van der Waals surface area contributed by atoms with E-state index in [-0.39, 0.29) is 15.6 Å². The van der Waals surface area contributed by atoms with Crippen molar-refractivity contribution in [1.29, 1.82) is 5.41 Å². The van der Waals surface area contributed by atoms with Crippen molar-refractivity contribution in [1.82, 2.24) is 9.97 Å². The number of pyridine rings is 2. The van der Waals surface area contributed by atoms with E-state index in [4.69, 9.17) is 21.0 Å². The standard InChI is InChI=1S/C17H16BrN5O2S3.C2HF3O2/c1-26-17-14(7-13(27-17)15(19)20)28(24,25)11-6-12(18)16(23-9-11)22-8-10-2-4-21-5-3-10;3-2(4,5)1(6)7/h2-7,9H,8H2,1H3,(H3,19,20)(H,22,23);(H,6,7). The summed E-state index contributed by atoms with van der Waals surface area (Å²) < 4.78 is 59.0. The van der Waals surface area contributed by atoms with Crippen molar-refractivity contribution in [3.8, 4) is 0 Å². The summed E-state index contributed by atoms with van der Waals surface area (Å²) in [7, 11) is -3.79. The summed E-state index contributed by atoms with van der Waals surface area (Å²) in [6, 6.07) is 6.73. The van der Waals surface area contributed by atoms with E-state index in [0.717, 1.165) is 5.56 Å². The van der Waals surface area contributed by atoms with E-state index < -0.39 is 22.0 Å². The lowest BCUT2D eigenvalue weighted by Gasteiger charge is -2.10. The number of aromatic nitrogens is 2. The fourth-order valence-electron chi connectivity index (χ4n) is 2.33. The van der Waals surface area contributed by atoms with Gasteiger partial charge < -0.3 is 16.2 Å². The molecule has 0 atom stereocenters. The van der Waals surface area contributed by atoms with Crippen LogP contribution in [0.3, 0.4) is 0 Å². The average Bonchev–Trinajstić information content (AvgIpc) is 3.24. The second kappa shape index (κ2) is 11.8. The number of thioether (sulfide) groups is 1. The molecule has 0 radical (unpaired) electrons. The van der Waals surface area contributed by atoms with Gasteiger partial charge in [0.05, 0.1) is 23.4 Å². The first-order valence-corrected chi connectivity index (χ1v) is 13.4. The maximum Gasteiger partial charge on any atom is 0.490 e. The fourth-order valence-corrected chi connectivity index (χ4v) is 6.80. The Morgan fingerprint density at radius 1 is 1.31 bits per heavy atom. The van der Waals surface area contributed by atoms with E-state index in [1.54, 1.807) is 18.6 Å². The van der Waals surface area contributed by atoms with Gasteiger partial charge in [0.2, 0.25) is 9.84 Å². The summed E-state index contributed by atoms with van der Waals surface area (Å²) in [5.41, 5.74) is 6.54. The number of nitrogens with two attached hydrogens (primary N) is 1. The SMILES string of the molecule is CSc1sc(C(=N)N)cc1S(=O)(=O)c1cnc(NCc2ccncc2)c(Br)c1.O=C(O)C(F)(F)F. The number of halogens is 4. The van der Waals surface area contributed by atoms with Crippen LogP contribution >= 0.6 is 39.0 Å². The molecular formula is C19H17BrF3N5O4S3. The Hall–Kier alpha value is -2.69. The number of rotatable bonds is 7. The highest BCUT2D eigenvalue weighted by atomic mass is 79.9. The quantitative estimate of drug-likeness (QED) is 0.173. The zero-order valence-electron chi connectivity index (χ0n) is 17.6. The lowest BCUT2D eigenvalue weighted by Crippen LogP contribution is -2.21. The van der Waals surface area contributed by atoms with Gasteiger partial charge in [0.15, 0.2) is 0 Å². The van der Waals surface area contributed by atoms with Crippen LogP contribution in [0.4, 0.5) is 19.0 Å². The Morgan fingerprint density at radius 3 is 2.40 bits per heavy atom. The second-order valence-electron chi connectivity index (χ2n) is 6.40. The highest BCUT2D eigenvalue weighted by Crippen LogP contribution is 2.37. The van der Waals surface area contributed by atoms with Crippen LogP contribution < -0.4 is 11.1 Å². The molecular weight excluding hydrogens is 595 g/mol. The molecule has 0 aromatic carbocycles. The molecule has 0 aliphatic rings. The van der Waals surface area contributed by atoms with Gasteiger partial charge in [0, 0.05) is 25.1 Å². The smallest absolute Gasteiger partial charge is 0.475 e. The summed E-state index contributed by atoms with van der Waals surface area (Å²) in [6.45, 7) is 0.531. The molecule has 3 rings (SSSR count). The van der Waals surface area contributed by atoms with Crippen molar-refractivity contribution < 1.29 is 31.5 Å². The molecule has 188 valence electrons. The van der Waals surface area contributed by atoms with Gasteiger partial charge in [0.1, 0.15) is 11.7 Å². The normalized spacial score (nSPS) is 11.3. The summed E-state index contributed by atoms with van der Waals surface area (Å²) in [4.78, 5) is 17.8. The number of aliphatic carboxylic acids is 1. The van der Waals surface area contributed by atoms with Gasteiger partial charge in [-0.05, 0) is 52.0 Å². The molecule has 0 unspecified atom stereocenters. The number of nitrogens with one attached hydrogen (secondary N) is 2. The van der Waals surface area contributed by atoms with E-state index in [1.165, 1.54) is 41.4 Å². The first kappa shape index (κ1) is 28.5. The number of sulfone groups is 1. The molecule has 0 fully saturated rings. The number of carboxylic acids is 1. The molecule has 9 nitrogen and oxygen atoms in total. The van der Waals surface area contributed by atoms with Crippen LogP contribution in [0.2, 0.25) is 0 Å². The monoisotopic (exact) mass is 611 g/mol. The van der Waals surface area contributed by atoms with Crippen LogP contribution in [-0.2, 0) is 21.2 Å². The van der Waals surface area contributed by atoms with Gasteiger partial charge in [-0.25, -0.2) is 18.2 Å². The highest BCUT2D eigenvalue weighted by molar-refractivity contribution is 9.10. The Kier molecular flexibility index (Phi) is 9.65. The maximum atomic E-state index is 13.1. The Bertz CT molecular complexity index is 1320. The Labute approximate surface area is 214 Å². The molecule has 0 aliphatic carbocycles. The second-order valence-corrected chi connectivity index (χ2v) is 11.3. The van der Waals surface area contributed by atoms with Crippen molar-refractivity contribution in [2.24, 2.45) is 5.73 Å². The van der Waals surface area contributed by atoms with Gasteiger partial charge in [-0.15, -0.1) is 23.1 Å². The number of alkyl halides is 3. The van der Waals surface area contributed by atoms with Crippen molar-refractivity contribution in [3.05, 3.63) is 57.8 Å². The summed E-state index contributed by atoms with van der Waals surface area (Å²) in [5.74, 6) is -2.38. The van der Waals surface area contributed by atoms with Crippen LogP contribution in [0, 0.1) is 5.41 Å². The van der Waals surface area contributed by atoms with E-state index in [0.29, 0.717) is 25.9 Å². The third-order valence-corrected chi connectivity index (χ3v) is 8.90. The molecule has 5 N–H and O–H groups in total. The van der Waals surface area contributed by atoms with Crippen molar-refractivity contribution in [2.45, 2.75) is 26.7 Å². The Morgan fingerprint density at radius 2 is 1.91 bits per heavy atom. The molecule has 3 aromatic rings. The number of carboxylic acid groups (broad SMARTS) is 1. The number of hydrogen-bond donors (Lipinski definition) is 4. The lowest BCUT2D eigenvalue weighted by atomic mass is 10.3. The minimum absolute atomic E-state index is 0.0667. The van der Waals surface area contributed by atoms with Crippen molar-refractivity contribution in [3.63, 3.8) is 0 Å². The number of anilines is 1. The molecule has 0 aliphatic heterocycles. The number of hydrogen-bond acceptors (Lipinski definition) is 9. The number of nitrogen functional groups attached to an aromatic ring is 1. The van der Waals surface area contributed by atoms with Crippen LogP contribution in [0.5, 0.6) is 0 Å². The zero-order valence-corrected chi connectivity index (χ0v) is 21.7. The van der Waals surface area contributed by atoms with Gasteiger partial charge in [0.25, 0.3) is 0 Å². The van der Waals surface area contributed by atoms with Crippen LogP contribution in [0.1, 0.15) is 10.4 Å². The van der Waals surface area contributed by atoms with E-state index in [9.17, 15) is 21.6 Å². The van der Waals surface area contributed by atoms with Crippen LogP contribution in [0.15, 0.2) is 61.3 Å². The molecule has 0 saturated heterocycles. The van der Waals surface area contributed by atoms with Crippen LogP contribution in [-0.4, -0.2) is 47.7 Å². The maximum absolute atomic E-state index is 13.1. The average molecular weight is 612 g/mol. The number of thiophene rings is 1. The number of amidine groups is 1. The molecule has 0 amide bonds. The van der Waals surface area contributed by atoms with Gasteiger partial charge in [-0.2, -0.15) is 13.2 Å². The Balaban J connectivity index is 0.000000540. The largest absolute Gasteiger partial charge is 0.490 e. The molecule has 3 aromatic heterocycles. The lowest BCUT2D eigenvalue weighted by molar-refractivity contribution is -0.192. The summed E-state index contributed by atoms with van der Waals surface area (Å²) in [6.07, 6.45) is 1.43. The first-order valence-electron chi connectivity index (χ1n) is 9.13. The molecule has 0 spiro atoms. The van der Waals surface area contributed by atoms with Crippen molar-refractivity contribution in [2.75, 3.05) is 11.6 Å². The van der Waals surface area contributed by atoms with Crippen molar-refractivity contribution >= 4 is 66.5 Å². The fraction of sp³-hybridized carbons (Fsp3) is 0.158. The molecule has 35 heavy (non-hydrogen) atoms. The highest BCUT2D eigenvalue weighted by Gasteiger charge is 2.38. The van der Waals surface area contributed by atoms with E-state index >= 15 is 0 Å². The molecule has 3 heterocycles. The topological polar surface area (TPSA) is 159 Å². The van der Waals surface area contributed by atoms with Gasteiger partial charge in [-0.3, -0.25) is 10.4 Å². The first-order chi connectivity index (χ1) is 16.3. The van der Waals surface area contributed by atoms with Gasteiger partial charge >= 0.3 is 12.1 Å². The summed E-state index contributed by atoms with van der Waals surface area (Å²) in [5, 5.41) is 17.8. The minimum atomic E-state index is -5.08.